The maximum Gasteiger partial charge on any atom is 0.336 e. The first-order valence-corrected chi connectivity index (χ1v) is 5.32. The maximum absolute atomic E-state index is 13.2. The van der Waals surface area contributed by atoms with Crippen molar-refractivity contribution in [1.29, 1.82) is 0 Å². The monoisotopic (exact) mass is 266 g/mol. The van der Waals surface area contributed by atoms with E-state index in [4.69, 9.17) is 9.47 Å². The Kier molecular flexibility index (Phi) is 3.91. The Morgan fingerprint density at radius 2 is 2.26 bits per heavy atom. The number of carbonyl (C=O) groups is 1. The minimum atomic E-state index is -0.531. The second-order valence-corrected chi connectivity index (χ2v) is 3.44. The van der Waals surface area contributed by atoms with Gasteiger partial charge in [-0.05, 0) is 12.1 Å². The lowest BCUT2D eigenvalue weighted by atomic mass is 10.3. The van der Waals surface area contributed by atoms with Crippen LogP contribution < -0.4 is 14.8 Å². The van der Waals surface area contributed by atoms with Crippen LogP contribution in [0.15, 0.2) is 24.3 Å². The molecule has 0 saturated carbocycles. The van der Waals surface area contributed by atoms with Crippen LogP contribution in [0.3, 0.4) is 0 Å². The quantitative estimate of drug-likeness (QED) is 0.841. The number of nitrogens with zero attached hydrogens (tertiary/aromatic N) is 2. The molecule has 1 heterocycles. The third-order valence-electron chi connectivity index (χ3n) is 2.10. The number of ether oxygens (including phenoxy) is 2. The number of nitrogens with one attached hydrogen (secondary N) is 2. The normalized spacial score (nSPS) is 10.0. The molecule has 2 N–H and O–H groups in total. The molecule has 1 aromatic heterocycles. The van der Waals surface area contributed by atoms with E-state index in [1.807, 2.05) is 0 Å². The molecule has 0 aliphatic carbocycles. The van der Waals surface area contributed by atoms with Gasteiger partial charge in [0.2, 0.25) is 5.95 Å². The molecule has 7 nitrogen and oxygen atoms in total. The molecule has 0 radical (unpaired) electrons. The van der Waals surface area contributed by atoms with Crippen molar-refractivity contribution >= 4 is 11.9 Å². The average molecular weight is 266 g/mol. The van der Waals surface area contributed by atoms with Crippen LogP contribution in [-0.2, 0) is 4.79 Å². The molecule has 0 aliphatic heterocycles. The van der Waals surface area contributed by atoms with Crippen LogP contribution in [-0.4, -0.2) is 34.8 Å². The summed E-state index contributed by atoms with van der Waals surface area (Å²) in [5.74, 6) is -0.898. The van der Waals surface area contributed by atoms with Gasteiger partial charge in [-0.3, -0.25) is 10.1 Å². The van der Waals surface area contributed by atoms with Gasteiger partial charge >= 0.3 is 6.01 Å². The first-order chi connectivity index (χ1) is 9.19. The number of amides is 1. The van der Waals surface area contributed by atoms with Gasteiger partial charge in [0.1, 0.15) is 0 Å². The van der Waals surface area contributed by atoms with E-state index in [1.54, 1.807) is 6.07 Å². The number of rotatable bonds is 5. The Balaban J connectivity index is 1.86. The zero-order valence-corrected chi connectivity index (χ0v) is 10.0. The third-order valence-corrected chi connectivity index (χ3v) is 2.10. The molecule has 1 amide bonds. The van der Waals surface area contributed by atoms with E-state index in [0.717, 1.165) is 0 Å². The molecular weight excluding hydrogens is 255 g/mol. The van der Waals surface area contributed by atoms with Gasteiger partial charge < -0.3 is 9.47 Å². The number of aromatic nitrogens is 3. The summed E-state index contributed by atoms with van der Waals surface area (Å²) in [5, 5.41) is 8.49. The summed E-state index contributed by atoms with van der Waals surface area (Å²) in [5.41, 5.74) is 0. The van der Waals surface area contributed by atoms with Crippen molar-refractivity contribution in [3.8, 4) is 11.8 Å². The molecule has 100 valence electrons. The number of anilines is 1. The van der Waals surface area contributed by atoms with Crippen LogP contribution >= 0.6 is 0 Å². The molecule has 0 bridgehead atoms. The van der Waals surface area contributed by atoms with Gasteiger partial charge in [-0.25, -0.2) is 9.49 Å². The number of H-pyrrole nitrogens is 1. The first kappa shape index (κ1) is 12.8. The number of halogens is 1. The summed E-state index contributed by atoms with van der Waals surface area (Å²) < 4.78 is 23.0. The highest BCUT2D eigenvalue weighted by Crippen LogP contribution is 2.15. The van der Waals surface area contributed by atoms with Crippen LogP contribution in [0.25, 0.3) is 0 Å². The predicted molar refractivity (Wildman–Crippen MR) is 63.5 cm³/mol. The highest BCUT2D eigenvalue weighted by atomic mass is 19.1. The SMILES string of the molecule is COc1n[nH]c(NC(=O)COc2ccccc2F)n1. The Morgan fingerprint density at radius 3 is 2.95 bits per heavy atom. The number of benzene rings is 1. The number of carbonyl (C=O) groups excluding carboxylic acids is 1. The van der Waals surface area contributed by atoms with Crippen LogP contribution in [0.5, 0.6) is 11.8 Å². The second-order valence-electron chi connectivity index (χ2n) is 3.44. The smallest absolute Gasteiger partial charge is 0.336 e. The zero-order valence-electron chi connectivity index (χ0n) is 10.0. The molecule has 0 saturated heterocycles. The first-order valence-electron chi connectivity index (χ1n) is 5.32. The lowest BCUT2D eigenvalue weighted by Gasteiger charge is -2.06. The Hall–Kier alpha value is -2.64. The maximum atomic E-state index is 13.2. The number of hydrogen-bond acceptors (Lipinski definition) is 5. The summed E-state index contributed by atoms with van der Waals surface area (Å²) in [6.07, 6.45) is 0. The highest BCUT2D eigenvalue weighted by Gasteiger charge is 2.09. The Labute approximate surface area is 107 Å². The van der Waals surface area contributed by atoms with E-state index in [-0.39, 0.29) is 24.3 Å². The van der Waals surface area contributed by atoms with E-state index in [2.05, 4.69) is 20.5 Å². The fourth-order valence-corrected chi connectivity index (χ4v) is 1.27. The van der Waals surface area contributed by atoms with E-state index in [1.165, 1.54) is 25.3 Å². The van der Waals surface area contributed by atoms with Crippen molar-refractivity contribution in [3.05, 3.63) is 30.1 Å². The summed E-state index contributed by atoms with van der Waals surface area (Å²) in [7, 11) is 1.40. The van der Waals surface area contributed by atoms with Crippen LogP contribution in [0, 0.1) is 5.82 Å². The molecule has 2 aromatic rings. The lowest BCUT2D eigenvalue weighted by Crippen LogP contribution is -2.21. The summed E-state index contributed by atoms with van der Waals surface area (Å²) in [4.78, 5) is 15.3. The second kappa shape index (κ2) is 5.80. The topological polar surface area (TPSA) is 89.1 Å². The van der Waals surface area contributed by atoms with Crippen molar-refractivity contribution in [1.82, 2.24) is 15.2 Å². The fraction of sp³-hybridized carbons (Fsp3) is 0.182. The number of para-hydroxylation sites is 1. The van der Waals surface area contributed by atoms with E-state index in [0.29, 0.717) is 0 Å². The molecule has 19 heavy (non-hydrogen) atoms. The molecule has 0 spiro atoms. The van der Waals surface area contributed by atoms with E-state index in [9.17, 15) is 9.18 Å². The summed E-state index contributed by atoms with van der Waals surface area (Å²) in [6, 6.07) is 5.92. The van der Waals surface area contributed by atoms with Crippen LogP contribution in [0.2, 0.25) is 0 Å². The average Bonchev–Trinajstić information content (AvgIpc) is 2.85. The van der Waals surface area contributed by atoms with Gasteiger partial charge in [-0.15, -0.1) is 5.10 Å². The standard InChI is InChI=1S/C11H11FN4O3/c1-18-11-14-10(15-16-11)13-9(17)6-19-8-5-3-2-4-7(8)12/h2-5H,6H2,1H3,(H2,13,14,15,16,17). The lowest BCUT2D eigenvalue weighted by molar-refractivity contribution is -0.118. The van der Waals surface area contributed by atoms with Gasteiger partial charge in [0, 0.05) is 0 Å². The summed E-state index contributed by atoms with van der Waals surface area (Å²) in [6.45, 7) is -0.343. The highest BCUT2D eigenvalue weighted by molar-refractivity contribution is 5.90. The van der Waals surface area contributed by atoms with Crippen LogP contribution in [0.1, 0.15) is 0 Å². The molecule has 0 aliphatic rings. The van der Waals surface area contributed by atoms with Gasteiger partial charge in [0.15, 0.2) is 18.2 Å². The van der Waals surface area contributed by atoms with Gasteiger partial charge in [-0.2, -0.15) is 4.98 Å². The number of hydrogen-bond donors (Lipinski definition) is 2. The van der Waals surface area contributed by atoms with Gasteiger partial charge in [0.25, 0.3) is 5.91 Å². The fourth-order valence-electron chi connectivity index (χ4n) is 1.27. The minimum absolute atomic E-state index is 0.00722. The van der Waals surface area contributed by atoms with Crippen molar-refractivity contribution in [2.45, 2.75) is 0 Å². The van der Waals surface area contributed by atoms with E-state index >= 15 is 0 Å². The van der Waals surface area contributed by atoms with Crippen molar-refractivity contribution < 1.29 is 18.7 Å². The van der Waals surface area contributed by atoms with Crippen molar-refractivity contribution in [2.75, 3.05) is 19.0 Å². The Morgan fingerprint density at radius 1 is 1.47 bits per heavy atom. The summed E-state index contributed by atoms with van der Waals surface area (Å²) >= 11 is 0. The third kappa shape index (κ3) is 3.41. The van der Waals surface area contributed by atoms with E-state index < -0.39 is 11.7 Å². The molecule has 2 rings (SSSR count). The van der Waals surface area contributed by atoms with Crippen molar-refractivity contribution in [3.63, 3.8) is 0 Å². The van der Waals surface area contributed by atoms with Crippen LogP contribution in [0.4, 0.5) is 10.3 Å². The minimum Gasteiger partial charge on any atom is -0.481 e. The van der Waals surface area contributed by atoms with Gasteiger partial charge in [-0.1, -0.05) is 12.1 Å². The molecule has 0 unspecified atom stereocenters. The predicted octanol–water partition coefficient (Wildman–Crippen LogP) is 0.970. The van der Waals surface area contributed by atoms with Gasteiger partial charge in [0.05, 0.1) is 7.11 Å². The molecule has 0 fully saturated rings. The molecule has 0 atom stereocenters. The zero-order chi connectivity index (χ0) is 13.7. The molecular formula is C11H11FN4O3. The largest absolute Gasteiger partial charge is 0.481 e. The molecule has 1 aromatic carbocycles. The Bertz CT molecular complexity index is 573. The number of methoxy groups -OCH3 is 1. The molecule has 8 heteroatoms. The number of aromatic amines is 1. The van der Waals surface area contributed by atoms with Crippen molar-refractivity contribution in [2.24, 2.45) is 0 Å².